The van der Waals surface area contributed by atoms with Crippen molar-refractivity contribution in [2.45, 2.75) is 32.7 Å². The minimum absolute atomic E-state index is 0.376. The quantitative estimate of drug-likeness (QED) is 0.869. The molecule has 1 fully saturated rings. The fourth-order valence-corrected chi connectivity index (χ4v) is 3.23. The van der Waals surface area contributed by atoms with Crippen LogP contribution < -0.4 is 9.47 Å². The summed E-state index contributed by atoms with van der Waals surface area (Å²) in [5, 5.41) is 0. The highest BCUT2D eigenvalue weighted by Gasteiger charge is 2.32. The molecule has 1 heterocycles. The summed E-state index contributed by atoms with van der Waals surface area (Å²) in [5.74, 6) is 1.46. The van der Waals surface area contributed by atoms with Gasteiger partial charge in [0.2, 0.25) is 0 Å². The molecule has 0 aliphatic heterocycles. The lowest BCUT2D eigenvalue weighted by Crippen LogP contribution is -2.30. The van der Waals surface area contributed by atoms with E-state index in [0.717, 1.165) is 33.8 Å². The maximum atomic E-state index is 5.48. The Morgan fingerprint density at radius 1 is 1.25 bits per heavy atom. The van der Waals surface area contributed by atoms with E-state index in [1.807, 2.05) is 12.1 Å². The van der Waals surface area contributed by atoms with Gasteiger partial charge >= 0.3 is 0 Å². The van der Waals surface area contributed by atoms with Crippen LogP contribution in [0.5, 0.6) is 11.5 Å². The van der Waals surface area contributed by atoms with E-state index >= 15 is 0 Å². The zero-order valence-corrected chi connectivity index (χ0v) is 13.0. The van der Waals surface area contributed by atoms with Crippen LogP contribution in [0.3, 0.4) is 0 Å². The monoisotopic (exact) mass is 292 g/mol. The molecule has 4 nitrogen and oxygen atoms in total. The smallest absolute Gasteiger partial charge is 0.178 e. The van der Waals surface area contributed by atoms with Crippen LogP contribution in [0, 0.1) is 10.2 Å². The number of nitrogens with zero attached hydrogens (tertiary/aromatic N) is 1. The van der Waals surface area contributed by atoms with Crippen LogP contribution in [-0.2, 0) is 6.54 Å². The summed E-state index contributed by atoms with van der Waals surface area (Å²) in [7, 11) is 3.30. The standard InChI is InChI=1S/C15H20N2O2S/c1-15(5-4-6-15)9-17-11-8-13(19-3)12(18-2)7-10(11)16-14(17)20/h7-8H,4-6,9H2,1-3H3,(H,16,20). The molecule has 1 N–H and O–H groups in total. The van der Waals surface area contributed by atoms with E-state index in [1.54, 1.807) is 14.2 Å². The van der Waals surface area contributed by atoms with Crippen molar-refractivity contribution in [3.8, 4) is 11.5 Å². The summed E-state index contributed by atoms with van der Waals surface area (Å²) in [4.78, 5) is 3.27. The van der Waals surface area contributed by atoms with Gasteiger partial charge in [-0.05, 0) is 30.5 Å². The first-order chi connectivity index (χ1) is 9.56. The van der Waals surface area contributed by atoms with E-state index in [-0.39, 0.29) is 0 Å². The van der Waals surface area contributed by atoms with Gasteiger partial charge in [0.05, 0.1) is 25.3 Å². The Labute approximate surface area is 123 Å². The van der Waals surface area contributed by atoms with Gasteiger partial charge in [-0.25, -0.2) is 0 Å². The normalized spacial score (nSPS) is 16.9. The number of rotatable bonds is 4. The van der Waals surface area contributed by atoms with E-state index in [0.29, 0.717) is 5.41 Å². The highest BCUT2D eigenvalue weighted by Crippen LogP contribution is 2.42. The number of ether oxygens (including phenoxy) is 2. The largest absolute Gasteiger partial charge is 0.493 e. The predicted octanol–water partition coefficient (Wildman–Crippen LogP) is 3.91. The van der Waals surface area contributed by atoms with Crippen LogP contribution >= 0.6 is 12.2 Å². The fraction of sp³-hybridized carbons (Fsp3) is 0.533. The van der Waals surface area contributed by atoms with Crippen LogP contribution in [0.2, 0.25) is 0 Å². The van der Waals surface area contributed by atoms with E-state index in [4.69, 9.17) is 21.7 Å². The average Bonchev–Trinajstić information content (AvgIpc) is 2.71. The van der Waals surface area contributed by atoms with Gasteiger partial charge in [-0.1, -0.05) is 13.3 Å². The Morgan fingerprint density at radius 2 is 1.90 bits per heavy atom. The second-order valence-electron chi connectivity index (χ2n) is 5.90. The van der Waals surface area contributed by atoms with Crippen molar-refractivity contribution in [1.82, 2.24) is 9.55 Å². The summed E-state index contributed by atoms with van der Waals surface area (Å²) in [6.07, 6.45) is 3.87. The van der Waals surface area contributed by atoms with E-state index in [2.05, 4.69) is 16.5 Å². The van der Waals surface area contributed by atoms with Crippen molar-refractivity contribution in [2.24, 2.45) is 5.41 Å². The molecule has 1 saturated carbocycles. The molecule has 20 heavy (non-hydrogen) atoms. The Kier molecular flexibility index (Phi) is 3.24. The topological polar surface area (TPSA) is 39.2 Å². The molecule has 5 heteroatoms. The molecule has 108 valence electrons. The zero-order valence-electron chi connectivity index (χ0n) is 12.2. The minimum atomic E-state index is 0.376. The summed E-state index contributed by atoms with van der Waals surface area (Å²) >= 11 is 5.48. The number of methoxy groups -OCH3 is 2. The van der Waals surface area contributed by atoms with Crippen LogP contribution in [0.1, 0.15) is 26.2 Å². The maximum absolute atomic E-state index is 5.48. The van der Waals surface area contributed by atoms with Crippen molar-refractivity contribution >= 4 is 23.3 Å². The molecule has 0 radical (unpaired) electrons. The number of aromatic amines is 1. The van der Waals surface area contributed by atoms with Crippen molar-refractivity contribution in [3.05, 3.63) is 16.9 Å². The van der Waals surface area contributed by atoms with Crippen LogP contribution in [0.25, 0.3) is 11.0 Å². The molecule has 1 aromatic heterocycles. The van der Waals surface area contributed by atoms with Gasteiger partial charge in [-0.3, -0.25) is 0 Å². The van der Waals surface area contributed by atoms with Gasteiger partial charge in [-0.15, -0.1) is 0 Å². The van der Waals surface area contributed by atoms with E-state index < -0.39 is 0 Å². The predicted molar refractivity (Wildman–Crippen MR) is 82.2 cm³/mol. The van der Waals surface area contributed by atoms with E-state index in [9.17, 15) is 0 Å². The number of hydrogen-bond donors (Lipinski definition) is 1. The molecule has 0 amide bonds. The molecule has 1 aromatic carbocycles. The average molecular weight is 292 g/mol. The van der Waals surface area contributed by atoms with Gasteiger partial charge in [0.1, 0.15) is 0 Å². The second-order valence-corrected chi connectivity index (χ2v) is 6.29. The number of benzene rings is 1. The molecule has 0 saturated heterocycles. The van der Waals surface area contributed by atoms with Crippen LogP contribution in [0.15, 0.2) is 12.1 Å². The van der Waals surface area contributed by atoms with Gasteiger partial charge in [0.25, 0.3) is 0 Å². The fourth-order valence-electron chi connectivity index (χ4n) is 2.96. The van der Waals surface area contributed by atoms with Crippen molar-refractivity contribution in [2.75, 3.05) is 14.2 Å². The van der Waals surface area contributed by atoms with Crippen LogP contribution in [-0.4, -0.2) is 23.8 Å². The maximum Gasteiger partial charge on any atom is 0.178 e. The molecule has 1 aliphatic rings. The molecule has 0 bridgehead atoms. The third kappa shape index (κ3) is 2.10. The van der Waals surface area contributed by atoms with Gasteiger partial charge in [0.15, 0.2) is 16.3 Å². The Balaban J connectivity index is 2.12. The molecule has 2 aromatic rings. The second kappa shape index (κ2) is 4.81. The van der Waals surface area contributed by atoms with E-state index in [1.165, 1.54) is 19.3 Å². The SMILES string of the molecule is COc1cc2[nH]c(=S)n(CC3(C)CCC3)c2cc1OC. The number of H-pyrrole nitrogens is 1. The summed E-state index contributed by atoms with van der Waals surface area (Å²) < 4.78 is 13.7. The summed E-state index contributed by atoms with van der Waals surface area (Å²) in [5.41, 5.74) is 2.46. The molecule has 1 aliphatic carbocycles. The molecule has 3 rings (SSSR count). The summed E-state index contributed by atoms with van der Waals surface area (Å²) in [6, 6.07) is 3.95. The lowest BCUT2D eigenvalue weighted by molar-refractivity contribution is 0.133. The number of aromatic nitrogens is 2. The van der Waals surface area contributed by atoms with Gasteiger partial charge in [-0.2, -0.15) is 0 Å². The highest BCUT2D eigenvalue weighted by atomic mass is 32.1. The Hall–Kier alpha value is -1.49. The zero-order chi connectivity index (χ0) is 14.3. The highest BCUT2D eigenvalue weighted by molar-refractivity contribution is 7.71. The number of fused-ring (bicyclic) bond motifs is 1. The summed E-state index contributed by atoms with van der Waals surface area (Å²) in [6.45, 7) is 3.29. The molecule has 0 unspecified atom stereocenters. The third-order valence-corrected chi connectivity index (χ3v) is 4.70. The van der Waals surface area contributed by atoms with Crippen molar-refractivity contribution < 1.29 is 9.47 Å². The Bertz CT molecular complexity index is 698. The van der Waals surface area contributed by atoms with Gasteiger partial charge in [0, 0.05) is 18.7 Å². The number of hydrogen-bond acceptors (Lipinski definition) is 3. The first kappa shape index (κ1) is 13.5. The molecule has 0 atom stereocenters. The third-order valence-electron chi connectivity index (χ3n) is 4.38. The molecular weight excluding hydrogens is 272 g/mol. The lowest BCUT2D eigenvalue weighted by Gasteiger charge is -2.38. The molecular formula is C15H20N2O2S. The van der Waals surface area contributed by atoms with Crippen molar-refractivity contribution in [3.63, 3.8) is 0 Å². The number of imidazole rings is 1. The first-order valence-corrected chi connectivity index (χ1v) is 7.32. The van der Waals surface area contributed by atoms with Crippen LogP contribution in [0.4, 0.5) is 0 Å². The number of nitrogens with one attached hydrogen (secondary N) is 1. The van der Waals surface area contributed by atoms with Crippen molar-refractivity contribution in [1.29, 1.82) is 0 Å². The molecule has 0 spiro atoms. The Morgan fingerprint density at radius 3 is 2.45 bits per heavy atom. The first-order valence-electron chi connectivity index (χ1n) is 6.91. The van der Waals surface area contributed by atoms with Gasteiger partial charge < -0.3 is 19.0 Å². The minimum Gasteiger partial charge on any atom is -0.493 e. The lowest BCUT2D eigenvalue weighted by atomic mass is 9.70.